The van der Waals surface area contributed by atoms with E-state index in [1.807, 2.05) is 17.7 Å². The Hall–Kier alpha value is -1.10. The second kappa shape index (κ2) is 6.37. The molecule has 0 radical (unpaired) electrons. The van der Waals surface area contributed by atoms with E-state index in [4.69, 9.17) is 23.2 Å². The van der Waals surface area contributed by atoms with E-state index in [1.54, 1.807) is 18.5 Å². The van der Waals surface area contributed by atoms with Gasteiger partial charge < -0.3 is 5.32 Å². The molecule has 0 saturated carbocycles. The van der Waals surface area contributed by atoms with E-state index in [2.05, 4.69) is 22.3 Å². The molecule has 4 nitrogen and oxygen atoms in total. The topological polar surface area (TPSA) is 42.7 Å². The summed E-state index contributed by atoms with van der Waals surface area (Å²) in [5.74, 6) is 0. The average Bonchev–Trinajstić information content (AvgIpc) is 2.85. The first kappa shape index (κ1) is 14.3. The van der Waals surface area contributed by atoms with Gasteiger partial charge in [0.25, 0.3) is 0 Å². The highest BCUT2D eigenvalue weighted by molar-refractivity contribution is 6.34. The predicted molar refractivity (Wildman–Crippen MR) is 77.7 cm³/mol. The quantitative estimate of drug-likeness (QED) is 0.921. The third kappa shape index (κ3) is 3.08. The number of pyridine rings is 1. The second-order valence-electron chi connectivity index (χ2n) is 4.08. The highest BCUT2D eigenvalue weighted by Crippen LogP contribution is 2.28. The van der Waals surface area contributed by atoms with E-state index in [9.17, 15) is 0 Å². The molecule has 2 aromatic heterocycles. The molecule has 0 aromatic carbocycles. The average molecular weight is 299 g/mol. The third-order valence-corrected chi connectivity index (χ3v) is 3.37. The van der Waals surface area contributed by atoms with E-state index >= 15 is 0 Å². The molecule has 1 unspecified atom stereocenters. The Labute approximate surface area is 122 Å². The molecule has 2 rings (SSSR count). The zero-order valence-corrected chi connectivity index (χ0v) is 12.4. The van der Waals surface area contributed by atoms with Gasteiger partial charge in [0.2, 0.25) is 0 Å². The summed E-state index contributed by atoms with van der Waals surface area (Å²) >= 11 is 12.2. The summed E-state index contributed by atoms with van der Waals surface area (Å²) in [5.41, 5.74) is 1.81. The lowest BCUT2D eigenvalue weighted by atomic mass is 10.1. The number of rotatable bonds is 5. The van der Waals surface area contributed by atoms with Crippen molar-refractivity contribution in [1.82, 2.24) is 20.1 Å². The van der Waals surface area contributed by atoms with Crippen LogP contribution in [0.3, 0.4) is 0 Å². The Balaban J connectivity index is 2.45. The fourth-order valence-corrected chi connectivity index (χ4v) is 2.52. The van der Waals surface area contributed by atoms with Gasteiger partial charge in [0, 0.05) is 18.9 Å². The van der Waals surface area contributed by atoms with Crippen molar-refractivity contribution in [2.75, 3.05) is 6.54 Å². The van der Waals surface area contributed by atoms with Crippen LogP contribution in [-0.4, -0.2) is 21.3 Å². The zero-order valence-electron chi connectivity index (χ0n) is 10.9. The Bertz CT molecular complexity index is 553. The molecule has 2 aromatic rings. The molecule has 19 heavy (non-hydrogen) atoms. The van der Waals surface area contributed by atoms with Crippen LogP contribution in [0.4, 0.5) is 0 Å². The maximum atomic E-state index is 6.26. The van der Waals surface area contributed by atoms with Crippen LogP contribution in [0.5, 0.6) is 0 Å². The first-order chi connectivity index (χ1) is 9.17. The van der Waals surface area contributed by atoms with Crippen molar-refractivity contribution >= 4 is 23.2 Å². The number of aryl methyl sites for hydroxylation is 1. The van der Waals surface area contributed by atoms with Crippen LogP contribution in [0.1, 0.15) is 31.3 Å². The molecular weight excluding hydrogens is 283 g/mol. The van der Waals surface area contributed by atoms with Gasteiger partial charge in [-0.15, -0.1) is 0 Å². The summed E-state index contributed by atoms with van der Waals surface area (Å²) in [6.45, 7) is 5.70. The molecule has 0 aliphatic rings. The Kier molecular flexibility index (Phi) is 4.80. The van der Waals surface area contributed by atoms with E-state index in [0.717, 1.165) is 24.5 Å². The van der Waals surface area contributed by atoms with Crippen molar-refractivity contribution in [2.45, 2.75) is 26.4 Å². The standard InChI is InChI=1S/C13H16Cl2N4/c1-3-16-13(11-5-6-18-19(11)4-2)12-10(15)7-9(14)8-17-12/h5-8,13,16H,3-4H2,1-2H3. The molecule has 0 amide bonds. The van der Waals surface area contributed by atoms with Crippen LogP contribution in [0.2, 0.25) is 10.0 Å². The minimum absolute atomic E-state index is 0.0859. The van der Waals surface area contributed by atoms with Crippen molar-refractivity contribution in [3.8, 4) is 0 Å². The molecule has 0 aliphatic heterocycles. The molecule has 102 valence electrons. The van der Waals surface area contributed by atoms with E-state index in [0.29, 0.717) is 10.0 Å². The summed E-state index contributed by atoms with van der Waals surface area (Å²) in [6, 6.07) is 3.60. The highest BCUT2D eigenvalue weighted by atomic mass is 35.5. The molecule has 0 aliphatic carbocycles. The minimum Gasteiger partial charge on any atom is -0.304 e. The maximum absolute atomic E-state index is 6.26. The lowest BCUT2D eigenvalue weighted by Crippen LogP contribution is -2.26. The van der Waals surface area contributed by atoms with Gasteiger partial charge >= 0.3 is 0 Å². The van der Waals surface area contributed by atoms with Crippen LogP contribution in [-0.2, 0) is 6.54 Å². The molecule has 0 bridgehead atoms. The van der Waals surface area contributed by atoms with Crippen LogP contribution >= 0.6 is 23.2 Å². The van der Waals surface area contributed by atoms with Crippen LogP contribution < -0.4 is 5.32 Å². The monoisotopic (exact) mass is 298 g/mol. The molecule has 2 heterocycles. The molecule has 6 heteroatoms. The molecule has 0 fully saturated rings. The SMILES string of the molecule is CCNC(c1ncc(Cl)cc1Cl)c1ccnn1CC. The lowest BCUT2D eigenvalue weighted by Gasteiger charge is -2.19. The molecular formula is C13H16Cl2N4. The first-order valence-corrected chi connectivity index (χ1v) is 6.99. The number of aromatic nitrogens is 3. The number of hydrogen-bond acceptors (Lipinski definition) is 3. The first-order valence-electron chi connectivity index (χ1n) is 6.23. The normalized spacial score (nSPS) is 12.6. The van der Waals surface area contributed by atoms with Crippen molar-refractivity contribution < 1.29 is 0 Å². The van der Waals surface area contributed by atoms with Gasteiger partial charge in [-0.05, 0) is 25.6 Å². The van der Waals surface area contributed by atoms with Crippen LogP contribution in [0, 0.1) is 0 Å². The minimum atomic E-state index is -0.0859. The third-order valence-electron chi connectivity index (χ3n) is 2.86. The number of nitrogens with zero attached hydrogens (tertiary/aromatic N) is 3. The van der Waals surface area contributed by atoms with Gasteiger partial charge in [-0.25, -0.2) is 0 Å². The van der Waals surface area contributed by atoms with Crippen molar-refractivity contribution in [1.29, 1.82) is 0 Å². The fraction of sp³-hybridized carbons (Fsp3) is 0.385. The van der Waals surface area contributed by atoms with Crippen molar-refractivity contribution in [3.05, 3.63) is 46.0 Å². The molecule has 1 atom stereocenters. The Morgan fingerprint density at radius 3 is 2.79 bits per heavy atom. The maximum Gasteiger partial charge on any atom is 0.0937 e. The van der Waals surface area contributed by atoms with Gasteiger partial charge in [0.1, 0.15) is 0 Å². The summed E-state index contributed by atoms with van der Waals surface area (Å²) in [5, 5.41) is 8.77. The number of hydrogen-bond donors (Lipinski definition) is 1. The van der Waals surface area contributed by atoms with Gasteiger partial charge in [0.05, 0.1) is 27.5 Å². The zero-order chi connectivity index (χ0) is 13.8. The van der Waals surface area contributed by atoms with E-state index in [-0.39, 0.29) is 6.04 Å². The second-order valence-corrected chi connectivity index (χ2v) is 4.93. The molecule has 0 saturated heterocycles. The number of halogens is 2. The lowest BCUT2D eigenvalue weighted by molar-refractivity contribution is 0.534. The van der Waals surface area contributed by atoms with Gasteiger partial charge in [0.15, 0.2) is 0 Å². The fourth-order valence-electron chi connectivity index (χ4n) is 2.04. The van der Waals surface area contributed by atoms with Gasteiger partial charge in [-0.2, -0.15) is 5.10 Å². The Morgan fingerprint density at radius 2 is 2.16 bits per heavy atom. The van der Waals surface area contributed by atoms with Crippen LogP contribution in [0.25, 0.3) is 0 Å². The summed E-state index contributed by atoms with van der Waals surface area (Å²) in [7, 11) is 0. The van der Waals surface area contributed by atoms with Crippen LogP contribution in [0.15, 0.2) is 24.5 Å². The summed E-state index contributed by atoms with van der Waals surface area (Å²) in [4.78, 5) is 4.36. The van der Waals surface area contributed by atoms with E-state index < -0.39 is 0 Å². The highest BCUT2D eigenvalue weighted by Gasteiger charge is 2.21. The van der Waals surface area contributed by atoms with Gasteiger partial charge in [-0.3, -0.25) is 9.67 Å². The number of nitrogens with one attached hydrogen (secondary N) is 1. The molecule has 0 spiro atoms. The van der Waals surface area contributed by atoms with Gasteiger partial charge in [-0.1, -0.05) is 30.1 Å². The largest absolute Gasteiger partial charge is 0.304 e. The smallest absolute Gasteiger partial charge is 0.0937 e. The van der Waals surface area contributed by atoms with Crippen molar-refractivity contribution in [3.63, 3.8) is 0 Å². The summed E-state index contributed by atoms with van der Waals surface area (Å²) in [6.07, 6.45) is 3.40. The molecule has 1 N–H and O–H groups in total. The Morgan fingerprint density at radius 1 is 1.37 bits per heavy atom. The predicted octanol–water partition coefficient (Wildman–Crippen LogP) is 3.30. The van der Waals surface area contributed by atoms with E-state index in [1.165, 1.54) is 0 Å². The summed E-state index contributed by atoms with van der Waals surface area (Å²) < 4.78 is 1.93. The van der Waals surface area contributed by atoms with Crippen molar-refractivity contribution in [2.24, 2.45) is 0 Å².